The molecule has 0 saturated heterocycles. The van der Waals surface area contributed by atoms with Crippen LogP contribution >= 0.6 is 0 Å². The van der Waals surface area contributed by atoms with Crippen molar-refractivity contribution in [3.05, 3.63) is 35.4 Å². The highest BCUT2D eigenvalue weighted by molar-refractivity contribution is 5.85. The summed E-state index contributed by atoms with van der Waals surface area (Å²) < 4.78 is 0. The fourth-order valence-electron chi connectivity index (χ4n) is 2.73. The van der Waals surface area contributed by atoms with Crippen molar-refractivity contribution in [1.29, 1.82) is 0 Å². The van der Waals surface area contributed by atoms with Crippen LogP contribution in [0, 0.1) is 12.8 Å². The number of benzene rings is 1. The predicted octanol–water partition coefficient (Wildman–Crippen LogP) is 1.86. The number of primary amides is 1. The van der Waals surface area contributed by atoms with Crippen LogP contribution in [0.1, 0.15) is 36.8 Å². The zero-order valence-corrected chi connectivity index (χ0v) is 10.1. The minimum atomic E-state index is -1.50. The lowest BCUT2D eigenvalue weighted by Crippen LogP contribution is -2.46. The number of hydrogen-bond acceptors (Lipinski definition) is 2. The molecule has 1 aliphatic carbocycles. The van der Waals surface area contributed by atoms with Crippen LogP contribution in [0.2, 0.25) is 0 Å². The van der Waals surface area contributed by atoms with Crippen molar-refractivity contribution in [2.24, 2.45) is 11.7 Å². The highest BCUT2D eigenvalue weighted by Gasteiger charge is 2.44. The maximum atomic E-state index is 11.7. The average Bonchev–Trinajstić information content (AvgIpc) is 2.82. The van der Waals surface area contributed by atoms with Gasteiger partial charge in [-0.3, -0.25) is 4.79 Å². The Bertz CT molecular complexity index is 407. The van der Waals surface area contributed by atoms with Gasteiger partial charge in [0, 0.05) is 5.92 Å². The smallest absolute Gasteiger partial charge is 0.254 e. The second-order valence-corrected chi connectivity index (χ2v) is 4.98. The van der Waals surface area contributed by atoms with E-state index >= 15 is 0 Å². The number of aryl methyl sites for hydroxylation is 1. The molecule has 1 amide bonds. The minimum absolute atomic E-state index is 0.0392. The third-order valence-electron chi connectivity index (χ3n) is 3.81. The van der Waals surface area contributed by atoms with Gasteiger partial charge in [-0.1, -0.05) is 42.7 Å². The number of aliphatic hydroxyl groups is 1. The first-order valence-corrected chi connectivity index (χ1v) is 6.14. The molecule has 92 valence electrons. The van der Waals surface area contributed by atoms with Crippen molar-refractivity contribution in [3.8, 4) is 0 Å². The standard InChI is InChI=1S/C14H19NO2/c1-10-6-8-12(9-7-10)14(17,13(15)16)11-4-2-3-5-11/h6-9,11,17H,2-5H2,1H3,(H2,15,16). The summed E-state index contributed by atoms with van der Waals surface area (Å²) in [4.78, 5) is 11.7. The molecule has 0 bridgehead atoms. The number of nitrogens with two attached hydrogens (primary N) is 1. The molecular formula is C14H19NO2. The zero-order chi connectivity index (χ0) is 12.5. The van der Waals surface area contributed by atoms with E-state index in [2.05, 4.69) is 0 Å². The number of rotatable bonds is 3. The molecule has 1 aliphatic rings. The fourth-order valence-corrected chi connectivity index (χ4v) is 2.73. The molecule has 17 heavy (non-hydrogen) atoms. The minimum Gasteiger partial charge on any atom is -0.375 e. The van der Waals surface area contributed by atoms with E-state index in [-0.39, 0.29) is 5.92 Å². The zero-order valence-electron chi connectivity index (χ0n) is 10.1. The molecule has 1 unspecified atom stereocenters. The van der Waals surface area contributed by atoms with Gasteiger partial charge in [-0.15, -0.1) is 0 Å². The summed E-state index contributed by atoms with van der Waals surface area (Å²) >= 11 is 0. The summed E-state index contributed by atoms with van der Waals surface area (Å²) in [6.45, 7) is 1.97. The molecule has 1 atom stereocenters. The van der Waals surface area contributed by atoms with Gasteiger partial charge in [-0.2, -0.15) is 0 Å². The van der Waals surface area contributed by atoms with Crippen LogP contribution in [0.15, 0.2) is 24.3 Å². The Hall–Kier alpha value is -1.35. The van der Waals surface area contributed by atoms with Crippen molar-refractivity contribution < 1.29 is 9.90 Å². The molecule has 3 heteroatoms. The van der Waals surface area contributed by atoms with Gasteiger partial charge in [0.15, 0.2) is 5.60 Å². The summed E-state index contributed by atoms with van der Waals surface area (Å²) in [5.41, 5.74) is 5.67. The summed E-state index contributed by atoms with van der Waals surface area (Å²) in [5, 5.41) is 10.7. The first-order valence-electron chi connectivity index (χ1n) is 6.14. The van der Waals surface area contributed by atoms with Gasteiger partial charge in [0.05, 0.1) is 0 Å². The molecule has 2 rings (SSSR count). The van der Waals surface area contributed by atoms with Gasteiger partial charge in [0.1, 0.15) is 0 Å². The first-order chi connectivity index (χ1) is 8.05. The number of amides is 1. The molecule has 3 N–H and O–H groups in total. The SMILES string of the molecule is Cc1ccc(C(O)(C(N)=O)C2CCCC2)cc1. The Morgan fingerprint density at radius 1 is 1.29 bits per heavy atom. The van der Waals surface area contributed by atoms with Crippen LogP contribution in [0.5, 0.6) is 0 Å². The molecule has 0 radical (unpaired) electrons. The Balaban J connectivity index is 2.39. The lowest BCUT2D eigenvalue weighted by Gasteiger charge is -2.31. The van der Waals surface area contributed by atoms with Gasteiger partial charge < -0.3 is 10.8 Å². The maximum Gasteiger partial charge on any atom is 0.254 e. The molecule has 1 saturated carbocycles. The molecule has 0 spiro atoms. The lowest BCUT2D eigenvalue weighted by molar-refractivity contribution is -0.143. The van der Waals surface area contributed by atoms with Gasteiger partial charge in [-0.05, 0) is 25.3 Å². The third-order valence-corrected chi connectivity index (χ3v) is 3.81. The van der Waals surface area contributed by atoms with Crippen molar-refractivity contribution in [1.82, 2.24) is 0 Å². The maximum absolute atomic E-state index is 11.7. The van der Waals surface area contributed by atoms with E-state index in [1.54, 1.807) is 12.1 Å². The molecule has 1 fully saturated rings. The fraction of sp³-hybridized carbons (Fsp3) is 0.500. The van der Waals surface area contributed by atoms with Crippen molar-refractivity contribution in [2.45, 2.75) is 38.2 Å². The quantitative estimate of drug-likeness (QED) is 0.837. The molecule has 1 aromatic rings. The van der Waals surface area contributed by atoms with E-state index in [0.29, 0.717) is 5.56 Å². The van der Waals surface area contributed by atoms with E-state index in [9.17, 15) is 9.90 Å². The van der Waals surface area contributed by atoms with Crippen LogP contribution < -0.4 is 5.73 Å². The number of carbonyl (C=O) groups excluding carboxylic acids is 1. The van der Waals surface area contributed by atoms with E-state index < -0.39 is 11.5 Å². The largest absolute Gasteiger partial charge is 0.375 e. The van der Waals surface area contributed by atoms with Crippen molar-refractivity contribution in [3.63, 3.8) is 0 Å². The average molecular weight is 233 g/mol. The molecule has 0 heterocycles. The van der Waals surface area contributed by atoms with Crippen molar-refractivity contribution in [2.75, 3.05) is 0 Å². The van der Waals surface area contributed by atoms with Crippen LogP contribution in [0.4, 0.5) is 0 Å². The topological polar surface area (TPSA) is 63.3 Å². The first kappa shape index (κ1) is 12.1. The molecule has 1 aromatic carbocycles. The molecule has 0 aromatic heterocycles. The highest BCUT2D eigenvalue weighted by Crippen LogP contribution is 2.40. The summed E-state index contributed by atoms with van der Waals surface area (Å²) in [7, 11) is 0. The van der Waals surface area contributed by atoms with Crippen LogP contribution in [0.25, 0.3) is 0 Å². The number of carbonyl (C=O) groups is 1. The Labute approximate surface area is 102 Å². The van der Waals surface area contributed by atoms with Crippen LogP contribution in [-0.4, -0.2) is 11.0 Å². The third kappa shape index (κ3) is 2.07. The van der Waals surface area contributed by atoms with E-state index in [1.807, 2.05) is 19.1 Å². The normalized spacial score (nSPS) is 20.1. The van der Waals surface area contributed by atoms with E-state index in [1.165, 1.54) is 0 Å². The lowest BCUT2D eigenvalue weighted by atomic mass is 9.79. The Morgan fingerprint density at radius 3 is 2.29 bits per heavy atom. The second-order valence-electron chi connectivity index (χ2n) is 4.98. The van der Waals surface area contributed by atoms with Gasteiger partial charge >= 0.3 is 0 Å². The molecular weight excluding hydrogens is 214 g/mol. The highest BCUT2D eigenvalue weighted by atomic mass is 16.3. The van der Waals surface area contributed by atoms with Crippen molar-refractivity contribution >= 4 is 5.91 Å². The van der Waals surface area contributed by atoms with Gasteiger partial charge in [0.2, 0.25) is 0 Å². The van der Waals surface area contributed by atoms with Gasteiger partial charge in [0.25, 0.3) is 5.91 Å². The monoisotopic (exact) mass is 233 g/mol. The van der Waals surface area contributed by atoms with E-state index in [0.717, 1.165) is 31.2 Å². The Morgan fingerprint density at radius 2 is 1.82 bits per heavy atom. The van der Waals surface area contributed by atoms with Crippen LogP contribution in [-0.2, 0) is 10.4 Å². The van der Waals surface area contributed by atoms with Crippen LogP contribution in [0.3, 0.4) is 0 Å². The number of hydrogen-bond donors (Lipinski definition) is 2. The van der Waals surface area contributed by atoms with Gasteiger partial charge in [-0.25, -0.2) is 0 Å². The summed E-state index contributed by atoms with van der Waals surface area (Å²) in [6.07, 6.45) is 3.86. The van der Waals surface area contributed by atoms with E-state index in [4.69, 9.17) is 5.73 Å². The molecule has 0 aliphatic heterocycles. The predicted molar refractivity (Wildman–Crippen MR) is 66.2 cm³/mol. The summed E-state index contributed by atoms with van der Waals surface area (Å²) in [6, 6.07) is 7.41. The second kappa shape index (κ2) is 4.49. The Kier molecular flexibility index (Phi) is 3.20. The molecule has 3 nitrogen and oxygen atoms in total. The summed E-state index contributed by atoms with van der Waals surface area (Å²) in [5.74, 6) is -0.670.